The van der Waals surface area contributed by atoms with Crippen LogP contribution in [0.25, 0.3) is 0 Å². The molecule has 0 radical (unpaired) electrons. The third-order valence-corrected chi connectivity index (χ3v) is 5.60. The molecule has 1 saturated heterocycles. The van der Waals surface area contributed by atoms with Gasteiger partial charge in [0.2, 0.25) is 0 Å². The van der Waals surface area contributed by atoms with Gasteiger partial charge in [-0.25, -0.2) is 0 Å². The highest BCUT2D eigenvalue weighted by molar-refractivity contribution is 14.1. The Balaban J connectivity index is 1.70. The van der Waals surface area contributed by atoms with E-state index in [2.05, 4.69) is 27.7 Å². The van der Waals surface area contributed by atoms with Crippen molar-refractivity contribution in [2.24, 2.45) is 5.10 Å². The summed E-state index contributed by atoms with van der Waals surface area (Å²) in [7, 11) is 1.59. The van der Waals surface area contributed by atoms with E-state index in [1.54, 1.807) is 13.3 Å². The summed E-state index contributed by atoms with van der Waals surface area (Å²) in [5, 5.41) is 5.41. The second-order valence-electron chi connectivity index (χ2n) is 5.33. The van der Waals surface area contributed by atoms with Crippen LogP contribution in [-0.2, 0) is 11.4 Å². The molecule has 2 aromatic rings. The third kappa shape index (κ3) is 4.74. The summed E-state index contributed by atoms with van der Waals surface area (Å²) in [5.41, 5.74) is 1.87. The van der Waals surface area contributed by atoms with Crippen LogP contribution in [0, 0.1) is 3.57 Å². The number of methoxy groups -OCH3 is 1. The molecule has 2 aromatic carbocycles. The molecular weight excluding hydrogens is 483 g/mol. The van der Waals surface area contributed by atoms with E-state index in [4.69, 9.17) is 21.7 Å². The Morgan fingerprint density at radius 1 is 1.27 bits per heavy atom. The highest BCUT2D eigenvalue weighted by Crippen LogP contribution is 2.28. The molecule has 0 spiro atoms. The summed E-state index contributed by atoms with van der Waals surface area (Å²) in [6.45, 7) is 0.453. The fourth-order valence-corrected chi connectivity index (χ4v) is 3.53. The Morgan fingerprint density at radius 3 is 2.69 bits per heavy atom. The Hall–Kier alpha value is -1.65. The van der Waals surface area contributed by atoms with E-state index in [1.165, 1.54) is 20.3 Å². The molecule has 1 aliphatic rings. The monoisotopic (exact) mass is 498 g/mol. The highest BCUT2D eigenvalue weighted by atomic mass is 127. The average molecular weight is 498 g/mol. The molecule has 26 heavy (non-hydrogen) atoms. The van der Waals surface area contributed by atoms with Crippen LogP contribution in [0.5, 0.6) is 11.5 Å². The van der Waals surface area contributed by atoms with Gasteiger partial charge < -0.3 is 9.47 Å². The average Bonchev–Trinajstić information content (AvgIpc) is 2.97. The van der Waals surface area contributed by atoms with Crippen LogP contribution in [0.2, 0.25) is 0 Å². The predicted octanol–water partition coefficient (Wildman–Crippen LogP) is 4.07. The van der Waals surface area contributed by atoms with Gasteiger partial charge in [0, 0.05) is 3.57 Å². The lowest BCUT2D eigenvalue weighted by molar-refractivity contribution is -0.123. The number of hydrogen-bond acceptors (Lipinski definition) is 6. The Kier molecular flexibility index (Phi) is 6.49. The van der Waals surface area contributed by atoms with Crippen molar-refractivity contribution in [3.63, 3.8) is 0 Å². The summed E-state index contributed by atoms with van der Waals surface area (Å²) in [5.74, 6) is 1.47. The van der Waals surface area contributed by atoms with Crippen molar-refractivity contribution in [3.8, 4) is 11.5 Å². The van der Waals surface area contributed by atoms with Gasteiger partial charge >= 0.3 is 0 Å². The molecule has 0 N–H and O–H groups in total. The van der Waals surface area contributed by atoms with E-state index < -0.39 is 0 Å². The zero-order valence-corrected chi connectivity index (χ0v) is 17.6. The number of nitrogens with zero attached hydrogens (tertiary/aromatic N) is 2. The second-order valence-corrected chi connectivity index (χ2v) is 8.18. The molecule has 0 aliphatic carbocycles. The molecule has 134 valence electrons. The highest BCUT2D eigenvalue weighted by Gasteiger charge is 2.25. The van der Waals surface area contributed by atoms with Gasteiger partial charge in [-0.15, -0.1) is 0 Å². The second kappa shape index (κ2) is 8.83. The van der Waals surface area contributed by atoms with Crippen LogP contribution in [0.3, 0.4) is 0 Å². The summed E-state index contributed by atoms with van der Waals surface area (Å²) in [6.07, 6.45) is 1.58. The number of benzene rings is 2. The van der Waals surface area contributed by atoms with Gasteiger partial charge in [0.05, 0.1) is 19.1 Å². The summed E-state index contributed by atoms with van der Waals surface area (Å²) < 4.78 is 12.9. The topological polar surface area (TPSA) is 51.1 Å². The van der Waals surface area contributed by atoms with Gasteiger partial charge in [-0.1, -0.05) is 36.1 Å². The summed E-state index contributed by atoms with van der Waals surface area (Å²) in [6, 6.07) is 13.6. The molecule has 1 heterocycles. The van der Waals surface area contributed by atoms with E-state index >= 15 is 0 Å². The lowest BCUT2D eigenvalue weighted by Gasteiger charge is -2.12. The maximum absolute atomic E-state index is 11.7. The molecule has 0 saturated carbocycles. The number of thioether (sulfide) groups is 1. The van der Waals surface area contributed by atoms with Gasteiger partial charge in [-0.2, -0.15) is 10.1 Å². The number of hydrogen-bond donors (Lipinski definition) is 0. The maximum atomic E-state index is 11.7. The minimum atomic E-state index is -0.110. The number of amides is 1. The van der Waals surface area contributed by atoms with Gasteiger partial charge in [-0.3, -0.25) is 4.79 Å². The molecule has 8 heteroatoms. The number of carbonyl (C=O) groups is 1. The van der Waals surface area contributed by atoms with Crippen LogP contribution >= 0.6 is 46.6 Å². The lowest BCUT2D eigenvalue weighted by atomic mass is 10.2. The molecule has 0 aromatic heterocycles. The number of rotatable bonds is 6. The van der Waals surface area contributed by atoms with Crippen LogP contribution in [-0.4, -0.2) is 34.3 Å². The van der Waals surface area contributed by atoms with Gasteiger partial charge in [0.15, 0.2) is 15.8 Å². The Morgan fingerprint density at radius 2 is 2.04 bits per heavy atom. The van der Waals surface area contributed by atoms with E-state index in [9.17, 15) is 4.79 Å². The molecule has 5 nitrogen and oxygen atoms in total. The van der Waals surface area contributed by atoms with Crippen molar-refractivity contribution >= 4 is 63.0 Å². The number of ether oxygens (including phenoxy) is 2. The minimum Gasteiger partial charge on any atom is -0.493 e. The first-order valence-corrected chi connectivity index (χ1v) is 10.1. The van der Waals surface area contributed by atoms with Crippen molar-refractivity contribution < 1.29 is 14.3 Å². The first-order chi connectivity index (χ1) is 12.6. The quantitative estimate of drug-likeness (QED) is 0.342. The largest absolute Gasteiger partial charge is 0.493 e. The van der Waals surface area contributed by atoms with E-state index in [0.717, 1.165) is 11.1 Å². The Bertz CT molecular complexity index is 840. The Labute approximate surface area is 174 Å². The van der Waals surface area contributed by atoms with E-state index in [1.807, 2.05) is 42.5 Å². The molecule has 1 fully saturated rings. The molecule has 0 unspecified atom stereocenters. The number of halogens is 1. The van der Waals surface area contributed by atoms with Crippen molar-refractivity contribution in [2.75, 3.05) is 12.9 Å². The molecule has 0 bridgehead atoms. The van der Waals surface area contributed by atoms with Crippen molar-refractivity contribution in [2.45, 2.75) is 6.61 Å². The molecule has 1 aliphatic heterocycles. The first kappa shape index (κ1) is 19.1. The van der Waals surface area contributed by atoms with E-state index in [0.29, 0.717) is 28.2 Å². The summed E-state index contributed by atoms with van der Waals surface area (Å²) in [4.78, 5) is 11.7. The predicted molar refractivity (Wildman–Crippen MR) is 116 cm³/mol. The molecular formula is C18H15IN2O3S2. The standard InChI is InChI=1S/C18H15IN2O3S2/c1-23-16-8-13(9-20-21-17(22)11-26-18(21)25)4-7-15(16)24-10-12-2-5-14(19)6-3-12/h2-9H,10-11H2,1H3/b20-9-. The van der Waals surface area contributed by atoms with Gasteiger partial charge in [0.25, 0.3) is 5.91 Å². The number of carbonyl (C=O) groups excluding carboxylic acids is 1. The summed E-state index contributed by atoms with van der Waals surface area (Å²) >= 11 is 8.68. The molecule has 0 atom stereocenters. The normalized spacial score (nSPS) is 14.3. The van der Waals surface area contributed by atoms with Crippen LogP contribution in [0.1, 0.15) is 11.1 Å². The SMILES string of the molecule is COc1cc(/C=N\N2C(=O)CSC2=S)ccc1OCc1ccc(I)cc1. The van der Waals surface area contributed by atoms with Crippen molar-refractivity contribution in [1.29, 1.82) is 0 Å². The number of hydrazone groups is 1. The fourth-order valence-electron chi connectivity index (χ4n) is 2.21. The fraction of sp³-hybridized carbons (Fsp3) is 0.167. The van der Waals surface area contributed by atoms with Gasteiger partial charge in [0.1, 0.15) is 6.61 Å². The van der Waals surface area contributed by atoms with Gasteiger partial charge in [-0.05, 0) is 64.0 Å². The van der Waals surface area contributed by atoms with Crippen molar-refractivity contribution in [1.82, 2.24) is 5.01 Å². The zero-order chi connectivity index (χ0) is 18.5. The van der Waals surface area contributed by atoms with Crippen LogP contribution < -0.4 is 9.47 Å². The lowest BCUT2D eigenvalue weighted by Crippen LogP contribution is -2.22. The van der Waals surface area contributed by atoms with Crippen LogP contribution in [0.4, 0.5) is 0 Å². The smallest absolute Gasteiger partial charge is 0.259 e. The minimum absolute atomic E-state index is 0.110. The third-order valence-electron chi connectivity index (χ3n) is 3.55. The molecule has 1 amide bonds. The van der Waals surface area contributed by atoms with E-state index in [-0.39, 0.29) is 5.91 Å². The first-order valence-electron chi connectivity index (χ1n) is 7.66. The van der Waals surface area contributed by atoms with Crippen LogP contribution in [0.15, 0.2) is 47.6 Å². The molecule has 3 rings (SSSR count). The van der Waals surface area contributed by atoms with Crippen molar-refractivity contribution in [3.05, 3.63) is 57.2 Å². The number of thiocarbonyl (C=S) groups is 1. The maximum Gasteiger partial charge on any atom is 0.259 e. The zero-order valence-electron chi connectivity index (χ0n) is 13.8.